The number of benzene rings is 1. The first-order valence-corrected chi connectivity index (χ1v) is 11.6. The highest BCUT2D eigenvalue weighted by molar-refractivity contribution is 7.99. The van der Waals surface area contributed by atoms with E-state index in [-0.39, 0.29) is 11.0 Å². The van der Waals surface area contributed by atoms with Gasteiger partial charge in [-0.25, -0.2) is 14.1 Å². The zero-order valence-electron chi connectivity index (χ0n) is 18.5. The minimum atomic E-state index is -0.245. The van der Waals surface area contributed by atoms with Gasteiger partial charge in [0.2, 0.25) is 5.78 Å². The van der Waals surface area contributed by atoms with Gasteiger partial charge in [-0.15, -0.1) is 5.10 Å². The maximum atomic E-state index is 14.0. The van der Waals surface area contributed by atoms with Crippen LogP contribution in [-0.2, 0) is 18.4 Å². The summed E-state index contributed by atoms with van der Waals surface area (Å²) in [6.45, 7) is 15.3. The van der Waals surface area contributed by atoms with Crippen LogP contribution in [0.3, 0.4) is 0 Å². The van der Waals surface area contributed by atoms with Crippen molar-refractivity contribution in [2.75, 3.05) is 5.75 Å². The minimum Gasteiger partial charge on any atom is -0.268 e. The van der Waals surface area contributed by atoms with Gasteiger partial charge < -0.3 is 0 Å². The van der Waals surface area contributed by atoms with Gasteiger partial charge in [0.1, 0.15) is 0 Å². The first kappa shape index (κ1) is 20.9. The number of aromatic nitrogens is 4. The van der Waals surface area contributed by atoms with Gasteiger partial charge in [0.15, 0.2) is 5.16 Å². The molecule has 0 saturated carbocycles. The van der Waals surface area contributed by atoms with Crippen molar-refractivity contribution in [1.82, 2.24) is 19.2 Å². The summed E-state index contributed by atoms with van der Waals surface area (Å²) in [5.74, 6) is 2.00. The van der Waals surface area contributed by atoms with Gasteiger partial charge in [-0.1, -0.05) is 75.9 Å². The van der Waals surface area contributed by atoms with E-state index in [1.807, 2.05) is 17.7 Å². The molecule has 0 N–H and O–H groups in total. The van der Waals surface area contributed by atoms with Crippen molar-refractivity contribution in [1.29, 1.82) is 0 Å². The second kappa shape index (κ2) is 7.73. The van der Waals surface area contributed by atoms with E-state index in [0.717, 1.165) is 46.1 Å². The molecule has 0 spiro atoms. The summed E-state index contributed by atoms with van der Waals surface area (Å²) in [6.07, 6.45) is 1.73. The van der Waals surface area contributed by atoms with Crippen LogP contribution in [-0.4, -0.2) is 24.9 Å². The van der Waals surface area contributed by atoms with Crippen molar-refractivity contribution in [2.24, 2.45) is 5.92 Å². The maximum absolute atomic E-state index is 14.0. The second-order valence-corrected chi connectivity index (χ2v) is 10.1. The zero-order valence-corrected chi connectivity index (χ0v) is 19.3. The third-order valence-electron chi connectivity index (χ3n) is 5.90. The van der Waals surface area contributed by atoms with Crippen LogP contribution in [0, 0.1) is 5.92 Å². The van der Waals surface area contributed by atoms with E-state index in [1.165, 1.54) is 5.56 Å². The average Bonchev–Trinajstić information content (AvgIpc) is 3.03. The Labute approximate surface area is 182 Å². The molecule has 1 unspecified atom stereocenters. The normalized spacial score (nSPS) is 17.9. The molecule has 3 aromatic rings. The molecule has 0 amide bonds. The van der Waals surface area contributed by atoms with Gasteiger partial charge in [0.25, 0.3) is 5.56 Å². The Hall–Kier alpha value is -2.34. The fourth-order valence-electron chi connectivity index (χ4n) is 4.20. The van der Waals surface area contributed by atoms with Gasteiger partial charge in [0, 0.05) is 16.7 Å². The summed E-state index contributed by atoms with van der Waals surface area (Å²) in [6, 6.07) is 8.33. The highest BCUT2D eigenvalue weighted by Crippen LogP contribution is 2.42. The van der Waals surface area contributed by atoms with Crippen LogP contribution < -0.4 is 5.56 Å². The molecule has 0 saturated heterocycles. The third-order valence-corrected chi connectivity index (χ3v) is 7.25. The highest BCUT2D eigenvalue weighted by Gasteiger charge is 2.38. The van der Waals surface area contributed by atoms with Crippen LogP contribution in [0.4, 0.5) is 0 Å². The molecule has 30 heavy (non-hydrogen) atoms. The molecule has 1 aromatic carbocycles. The molecule has 0 bridgehead atoms. The zero-order chi connectivity index (χ0) is 21.6. The van der Waals surface area contributed by atoms with Gasteiger partial charge in [0.05, 0.1) is 17.8 Å². The van der Waals surface area contributed by atoms with Crippen molar-refractivity contribution >= 4 is 17.5 Å². The standard InChI is InChI=1S/C24H30N4OS/c1-7-24(6)12-17-10-8-9-11-18(17)20-19(24)21(29)28-22(25-20)27(13-15(2)3)26-23(28)30-14-16(4)5/h8-11,16H,2,7,12-14H2,1,3-6H3. The number of nitrogens with zero attached hydrogens (tertiary/aromatic N) is 4. The average molecular weight is 423 g/mol. The van der Waals surface area contributed by atoms with Crippen LogP contribution >= 0.6 is 11.8 Å². The Morgan fingerprint density at radius 1 is 1.33 bits per heavy atom. The molecule has 158 valence electrons. The van der Waals surface area contributed by atoms with Gasteiger partial charge in [-0.05, 0) is 31.2 Å². The number of thioether (sulfide) groups is 1. The molecule has 0 aliphatic heterocycles. The lowest BCUT2D eigenvalue weighted by atomic mass is 9.69. The van der Waals surface area contributed by atoms with Crippen LogP contribution in [0.25, 0.3) is 17.0 Å². The van der Waals surface area contributed by atoms with Crippen LogP contribution in [0.1, 0.15) is 52.2 Å². The van der Waals surface area contributed by atoms with E-state index in [0.29, 0.717) is 18.2 Å². The number of hydrogen-bond donors (Lipinski definition) is 0. The van der Waals surface area contributed by atoms with E-state index in [1.54, 1.807) is 16.2 Å². The Balaban J connectivity index is 2.06. The molecule has 1 aliphatic rings. The summed E-state index contributed by atoms with van der Waals surface area (Å²) in [7, 11) is 0. The summed E-state index contributed by atoms with van der Waals surface area (Å²) < 4.78 is 3.56. The summed E-state index contributed by atoms with van der Waals surface area (Å²) >= 11 is 1.63. The van der Waals surface area contributed by atoms with Crippen LogP contribution in [0.15, 0.2) is 46.4 Å². The highest BCUT2D eigenvalue weighted by atomic mass is 32.2. The van der Waals surface area contributed by atoms with Gasteiger partial charge in [-0.3, -0.25) is 4.79 Å². The molecule has 2 heterocycles. The Bertz CT molecular complexity index is 1190. The lowest BCUT2D eigenvalue weighted by Gasteiger charge is -2.35. The Morgan fingerprint density at radius 3 is 2.73 bits per heavy atom. The van der Waals surface area contributed by atoms with E-state index in [4.69, 9.17) is 10.1 Å². The number of fused-ring (bicyclic) bond motifs is 4. The topological polar surface area (TPSA) is 52.2 Å². The van der Waals surface area contributed by atoms with Crippen molar-refractivity contribution < 1.29 is 0 Å². The van der Waals surface area contributed by atoms with Crippen molar-refractivity contribution in [3.63, 3.8) is 0 Å². The van der Waals surface area contributed by atoms with Crippen molar-refractivity contribution in [3.8, 4) is 11.3 Å². The van der Waals surface area contributed by atoms with Crippen LogP contribution in [0.2, 0.25) is 0 Å². The molecule has 0 radical (unpaired) electrons. The smallest absolute Gasteiger partial charge is 0.265 e. The molecule has 5 nitrogen and oxygen atoms in total. The largest absolute Gasteiger partial charge is 0.268 e. The molecule has 2 aromatic heterocycles. The van der Waals surface area contributed by atoms with Crippen molar-refractivity contribution in [2.45, 2.75) is 64.6 Å². The number of rotatable bonds is 6. The molecular weight excluding hydrogens is 392 g/mol. The van der Waals surface area contributed by atoms with Crippen LogP contribution in [0.5, 0.6) is 0 Å². The molecule has 4 rings (SSSR count). The molecule has 1 atom stereocenters. The van der Waals surface area contributed by atoms with E-state index in [9.17, 15) is 4.79 Å². The first-order chi connectivity index (χ1) is 14.2. The SMILES string of the molecule is C=C(C)Cn1nc(SCC(C)C)n2c(=O)c3c(nc12)-c1ccccc1CC3(C)CC. The Kier molecular flexibility index (Phi) is 5.39. The summed E-state index contributed by atoms with van der Waals surface area (Å²) in [5.41, 5.74) is 4.71. The van der Waals surface area contributed by atoms with Crippen molar-refractivity contribution in [3.05, 3.63) is 57.9 Å². The number of allylic oxidation sites excluding steroid dienone is 1. The lowest BCUT2D eigenvalue weighted by molar-refractivity contribution is 0.439. The fourth-order valence-corrected chi connectivity index (χ4v) is 5.13. The predicted octanol–water partition coefficient (Wildman–Crippen LogP) is 5.11. The summed E-state index contributed by atoms with van der Waals surface area (Å²) in [4.78, 5) is 19.0. The molecule has 6 heteroatoms. The van der Waals surface area contributed by atoms with E-state index in [2.05, 4.69) is 52.5 Å². The third kappa shape index (κ3) is 3.41. The van der Waals surface area contributed by atoms with Gasteiger partial charge in [-0.2, -0.15) is 0 Å². The quantitative estimate of drug-likeness (QED) is 0.409. The Morgan fingerprint density at radius 2 is 2.07 bits per heavy atom. The molecule has 0 fully saturated rings. The molecular formula is C24H30N4OS. The van der Waals surface area contributed by atoms with Gasteiger partial charge >= 0.3 is 0 Å². The van der Waals surface area contributed by atoms with E-state index < -0.39 is 0 Å². The second-order valence-electron chi connectivity index (χ2n) is 9.13. The first-order valence-electron chi connectivity index (χ1n) is 10.6. The predicted molar refractivity (Wildman–Crippen MR) is 124 cm³/mol. The fraction of sp³-hybridized carbons (Fsp3) is 0.458. The monoisotopic (exact) mass is 422 g/mol. The number of hydrogen-bond acceptors (Lipinski definition) is 4. The minimum absolute atomic E-state index is 0.0214. The summed E-state index contributed by atoms with van der Waals surface area (Å²) in [5, 5.41) is 5.50. The van der Waals surface area contributed by atoms with E-state index >= 15 is 0 Å². The molecule has 1 aliphatic carbocycles. The lowest BCUT2D eigenvalue weighted by Crippen LogP contribution is -2.38. The maximum Gasteiger partial charge on any atom is 0.265 e.